The van der Waals surface area contributed by atoms with E-state index in [-0.39, 0.29) is 5.82 Å². The van der Waals surface area contributed by atoms with Crippen molar-refractivity contribution in [2.75, 3.05) is 25.3 Å². The molecule has 2 heterocycles. The molecule has 130 valence electrons. The van der Waals surface area contributed by atoms with E-state index in [9.17, 15) is 10.1 Å². The van der Waals surface area contributed by atoms with E-state index in [2.05, 4.69) is 4.98 Å². The third-order valence-corrected chi connectivity index (χ3v) is 4.67. The van der Waals surface area contributed by atoms with E-state index in [1.807, 2.05) is 30.5 Å². The number of anilines is 1. The van der Waals surface area contributed by atoms with Gasteiger partial charge in [-0.2, -0.15) is 9.38 Å². The third-order valence-electron chi connectivity index (χ3n) is 3.89. The van der Waals surface area contributed by atoms with Crippen molar-refractivity contribution in [2.45, 2.75) is 11.4 Å². The average Bonchev–Trinajstić information content (AvgIpc) is 3.01. The largest absolute Gasteiger partial charge is 0.496 e. The minimum absolute atomic E-state index is 0.0363. The zero-order chi connectivity index (χ0) is 18.0. The molecule has 3 rings (SSSR count). The summed E-state index contributed by atoms with van der Waals surface area (Å²) < 4.78 is 6.90. The molecule has 0 saturated carbocycles. The van der Waals surface area contributed by atoms with Gasteiger partial charge < -0.3 is 19.8 Å². The van der Waals surface area contributed by atoms with Gasteiger partial charge in [-0.15, -0.1) is 11.8 Å². The first-order valence-electron chi connectivity index (χ1n) is 7.58. The first-order valence-corrected chi connectivity index (χ1v) is 8.81. The SMILES string of the molecule is COc1cc(CN(C)c2nc3ccccn3c2[N+](=O)[O-])ccc1SC. The lowest BCUT2D eigenvalue weighted by Crippen LogP contribution is -2.18. The van der Waals surface area contributed by atoms with E-state index >= 15 is 0 Å². The number of benzene rings is 1. The highest BCUT2D eigenvalue weighted by Gasteiger charge is 2.25. The molecule has 0 radical (unpaired) electrons. The summed E-state index contributed by atoms with van der Waals surface area (Å²) in [5.74, 6) is 1.10. The number of nitro groups is 1. The Hall–Kier alpha value is -2.74. The van der Waals surface area contributed by atoms with Crippen LogP contribution in [0.4, 0.5) is 11.6 Å². The van der Waals surface area contributed by atoms with Gasteiger partial charge in [-0.25, -0.2) is 0 Å². The molecule has 0 aliphatic carbocycles. The highest BCUT2D eigenvalue weighted by atomic mass is 32.2. The predicted molar refractivity (Wildman–Crippen MR) is 98.7 cm³/mol. The van der Waals surface area contributed by atoms with Crippen molar-refractivity contribution in [3.63, 3.8) is 0 Å². The highest BCUT2D eigenvalue weighted by Crippen LogP contribution is 2.31. The van der Waals surface area contributed by atoms with Gasteiger partial charge in [0.05, 0.1) is 13.3 Å². The molecule has 2 aromatic heterocycles. The molecule has 0 N–H and O–H groups in total. The van der Waals surface area contributed by atoms with Crippen molar-refractivity contribution in [1.82, 2.24) is 9.38 Å². The van der Waals surface area contributed by atoms with Gasteiger partial charge in [0.15, 0.2) is 0 Å². The highest BCUT2D eigenvalue weighted by molar-refractivity contribution is 7.98. The number of thioether (sulfide) groups is 1. The molecule has 0 atom stereocenters. The lowest BCUT2D eigenvalue weighted by atomic mass is 10.2. The predicted octanol–water partition coefficient (Wildman–Crippen LogP) is 3.61. The maximum Gasteiger partial charge on any atom is 0.372 e. The molecule has 0 aliphatic rings. The molecule has 0 fully saturated rings. The van der Waals surface area contributed by atoms with Crippen LogP contribution in [0.1, 0.15) is 5.56 Å². The van der Waals surface area contributed by atoms with E-state index in [0.29, 0.717) is 18.0 Å². The van der Waals surface area contributed by atoms with E-state index in [1.165, 1.54) is 4.40 Å². The lowest BCUT2D eigenvalue weighted by molar-refractivity contribution is -0.389. The van der Waals surface area contributed by atoms with Gasteiger partial charge in [0, 0.05) is 24.6 Å². The van der Waals surface area contributed by atoms with Crippen LogP contribution in [0.5, 0.6) is 5.75 Å². The summed E-state index contributed by atoms with van der Waals surface area (Å²) >= 11 is 1.61. The molecule has 0 amide bonds. The minimum Gasteiger partial charge on any atom is -0.496 e. The van der Waals surface area contributed by atoms with Gasteiger partial charge in [0.1, 0.15) is 5.75 Å². The molecule has 8 heteroatoms. The van der Waals surface area contributed by atoms with E-state index in [0.717, 1.165) is 16.2 Å². The van der Waals surface area contributed by atoms with E-state index in [4.69, 9.17) is 4.74 Å². The molecule has 0 spiro atoms. The Morgan fingerprint density at radius 1 is 1.36 bits per heavy atom. The number of aromatic nitrogens is 2. The van der Waals surface area contributed by atoms with Gasteiger partial charge in [-0.05, 0) is 34.9 Å². The second-order valence-corrected chi connectivity index (χ2v) is 6.34. The molecule has 0 bridgehead atoms. The standard InChI is InChI=1S/C17H18N4O3S/c1-19(11-12-7-8-14(25-3)13(10-12)24-2)16-17(21(22)23)20-9-5-4-6-15(20)18-16/h4-10H,11H2,1-3H3. The van der Waals surface area contributed by atoms with Crippen LogP contribution in [-0.4, -0.2) is 34.7 Å². The Morgan fingerprint density at radius 3 is 2.84 bits per heavy atom. The van der Waals surface area contributed by atoms with Crippen molar-refractivity contribution in [2.24, 2.45) is 0 Å². The van der Waals surface area contributed by atoms with Gasteiger partial charge >= 0.3 is 5.82 Å². The first-order chi connectivity index (χ1) is 12.0. The Morgan fingerprint density at radius 2 is 2.16 bits per heavy atom. The second kappa shape index (κ2) is 7.02. The van der Waals surface area contributed by atoms with Gasteiger partial charge in [-0.1, -0.05) is 12.1 Å². The summed E-state index contributed by atoms with van der Waals surface area (Å²) in [4.78, 5) is 18.4. The minimum atomic E-state index is -0.400. The van der Waals surface area contributed by atoms with E-state index < -0.39 is 4.92 Å². The van der Waals surface area contributed by atoms with Gasteiger partial charge in [-0.3, -0.25) is 0 Å². The number of hydrogen-bond acceptors (Lipinski definition) is 6. The zero-order valence-corrected chi connectivity index (χ0v) is 15.0. The van der Waals surface area contributed by atoms with Crippen LogP contribution in [0.3, 0.4) is 0 Å². The summed E-state index contributed by atoms with van der Waals surface area (Å²) in [5, 5.41) is 11.5. The van der Waals surface area contributed by atoms with Crippen molar-refractivity contribution < 1.29 is 9.66 Å². The normalized spacial score (nSPS) is 10.8. The van der Waals surface area contributed by atoms with Crippen LogP contribution in [0.15, 0.2) is 47.5 Å². The maximum absolute atomic E-state index is 11.5. The van der Waals surface area contributed by atoms with E-state index in [1.54, 1.807) is 49.1 Å². The van der Waals surface area contributed by atoms with Crippen LogP contribution in [0.25, 0.3) is 5.65 Å². The molecule has 7 nitrogen and oxygen atoms in total. The summed E-state index contributed by atoms with van der Waals surface area (Å²) in [7, 11) is 3.43. The number of rotatable bonds is 6. The monoisotopic (exact) mass is 358 g/mol. The molecule has 0 saturated heterocycles. The van der Waals surface area contributed by atoms with Gasteiger partial charge in [0.2, 0.25) is 11.5 Å². The number of nitrogens with zero attached hydrogens (tertiary/aromatic N) is 4. The molecule has 1 aromatic carbocycles. The van der Waals surface area contributed by atoms with Crippen LogP contribution in [-0.2, 0) is 6.54 Å². The average molecular weight is 358 g/mol. The second-order valence-electron chi connectivity index (χ2n) is 5.49. The fourth-order valence-corrected chi connectivity index (χ4v) is 3.27. The Kier molecular flexibility index (Phi) is 4.80. The number of fused-ring (bicyclic) bond motifs is 1. The smallest absolute Gasteiger partial charge is 0.372 e. The third kappa shape index (κ3) is 3.25. The summed E-state index contributed by atoms with van der Waals surface area (Å²) in [6.07, 6.45) is 3.64. The van der Waals surface area contributed by atoms with Crippen LogP contribution in [0.2, 0.25) is 0 Å². The molecule has 25 heavy (non-hydrogen) atoms. The quantitative estimate of drug-likeness (QED) is 0.381. The molecule has 0 unspecified atom stereocenters. The number of hydrogen-bond donors (Lipinski definition) is 0. The maximum atomic E-state index is 11.5. The number of pyridine rings is 1. The number of ether oxygens (including phenoxy) is 1. The van der Waals surface area contributed by atoms with Crippen LogP contribution >= 0.6 is 11.8 Å². The summed E-state index contributed by atoms with van der Waals surface area (Å²) in [6, 6.07) is 11.2. The Bertz CT molecular complexity index is 925. The zero-order valence-electron chi connectivity index (χ0n) is 14.2. The van der Waals surface area contributed by atoms with Crippen molar-refractivity contribution in [3.8, 4) is 5.75 Å². The summed E-state index contributed by atoms with van der Waals surface area (Å²) in [6.45, 7) is 0.482. The van der Waals surface area contributed by atoms with Crippen molar-refractivity contribution in [3.05, 3.63) is 58.3 Å². The fraction of sp³-hybridized carbons (Fsp3) is 0.235. The Balaban J connectivity index is 1.96. The summed E-state index contributed by atoms with van der Waals surface area (Å²) in [5.41, 5.74) is 1.54. The molecular weight excluding hydrogens is 340 g/mol. The Labute approximate surface area is 149 Å². The van der Waals surface area contributed by atoms with Crippen molar-refractivity contribution in [1.29, 1.82) is 0 Å². The number of imidazole rings is 1. The lowest BCUT2D eigenvalue weighted by Gasteiger charge is -2.17. The molecular formula is C17H18N4O3S. The van der Waals surface area contributed by atoms with Crippen LogP contribution in [0, 0.1) is 10.1 Å². The van der Waals surface area contributed by atoms with Crippen LogP contribution < -0.4 is 9.64 Å². The van der Waals surface area contributed by atoms with Gasteiger partial charge in [0.25, 0.3) is 0 Å². The topological polar surface area (TPSA) is 72.9 Å². The molecule has 0 aliphatic heterocycles. The molecule has 3 aromatic rings. The number of methoxy groups -OCH3 is 1. The fourth-order valence-electron chi connectivity index (χ4n) is 2.72. The first kappa shape index (κ1) is 17.1. The van der Waals surface area contributed by atoms with Crippen molar-refractivity contribution >= 4 is 29.0 Å².